The average Bonchev–Trinajstić information content (AvgIpc) is 2.25. The minimum absolute atomic E-state index is 0.120. The summed E-state index contributed by atoms with van der Waals surface area (Å²) in [4.78, 5) is 11.3. The standard InChI is InChI=1S/C12H16O3/c1-4-10(13)7-9-5-6-11(15-3)8(2)12(9)14/h5-6,14H,4,7H2,1-3H3. The van der Waals surface area contributed by atoms with E-state index in [-0.39, 0.29) is 18.0 Å². The van der Waals surface area contributed by atoms with Crippen LogP contribution in [-0.2, 0) is 11.2 Å². The van der Waals surface area contributed by atoms with Gasteiger partial charge < -0.3 is 9.84 Å². The number of rotatable bonds is 4. The summed E-state index contributed by atoms with van der Waals surface area (Å²) in [5, 5.41) is 9.82. The van der Waals surface area contributed by atoms with Crippen molar-refractivity contribution in [3.63, 3.8) is 0 Å². The van der Waals surface area contributed by atoms with Gasteiger partial charge in [0, 0.05) is 24.0 Å². The van der Waals surface area contributed by atoms with E-state index in [9.17, 15) is 9.90 Å². The zero-order valence-electron chi connectivity index (χ0n) is 9.33. The predicted molar refractivity (Wildman–Crippen MR) is 58.4 cm³/mol. The molecule has 0 bridgehead atoms. The Morgan fingerprint density at radius 2 is 2.13 bits per heavy atom. The maximum Gasteiger partial charge on any atom is 0.137 e. The fourth-order valence-electron chi connectivity index (χ4n) is 1.44. The molecular weight excluding hydrogens is 192 g/mol. The van der Waals surface area contributed by atoms with Crippen molar-refractivity contribution in [1.82, 2.24) is 0 Å². The summed E-state index contributed by atoms with van der Waals surface area (Å²) in [6.07, 6.45) is 0.775. The summed E-state index contributed by atoms with van der Waals surface area (Å²) in [6, 6.07) is 3.50. The first-order valence-electron chi connectivity index (χ1n) is 4.97. The van der Waals surface area contributed by atoms with Crippen LogP contribution in [-0.4, -0.2) is 18.0 Å². The van der Waals surface area contributed by atoms with E-state index in [1.54, 1.807) is 26.2 Å². The van der Waals surface area contributed by atoms with Gasteiger partial charge in [0.15, 0.2) is 0 Å². The van der Waals surface area contributed by atoms with Gasteiger partial charge in [-0.1, -0.05) is 13.0 Å². The highest BCUT2D eigenvalue weighted by Gasteiger charge is 2.11. The van der Waals surface area contributed by atoms with Crippen molar-refractivity contribution in [3.8, 4) is 11.5 Å². The van der Waals surface area contributed by atoms with Crippen LogP contribution in [0.15, 0.2) is 12.1 Å². The number of Topliss-reactive ketones (excluding diaryl/α,β-unsaturated/α-hetero) is 1. The molecule has 3 heteroatoms. The maximum atomic E-state index is 11.3. The molecule has 0 heterocycles. The summed E-state index contributed by atoms with van der Waals surface area (Å²) in [5.74, 6) is 0.922. The van der Waals surface area contributed by atoms with Gasteiger partial charge in [-0.2, -0.15) is 0 Å². The Morgan fingerprint density at radius 3 is 2.67 bits per heavy atom. The van der Waals surface area contributed by atoms with Crippen LogP contribution in [0.4, 0.5) is 0 Å². The Kier molecular flexibility index (Phi) is 3.72. The Balaban J connectivity index is 3.01. The number of methoxy groups -OCH3 is 1. The molecule has 0 spiro atoms. The van der Waals surface area contributed by atoms with Gasteiger partial charge in [-0.05, 0) is 13.0 Å². The second-order valence-corrected chi connectivity index (χ2v) is 3.47. The number of benzene rings is 1. The molecule has 0 aliphatic carbocycles. The summed E-state index contributed by atoms with van der Waals surface area (Å²) in [7, 11) is 1.55. The number of carbonyl (C=O) groups is 1. The first-order chi connectivity index (χ1) is 7.10. The van der Waals surface area contributed by atoms with E-state index >= 15 is 0 Å². The zero-order chi connectivity index (χ0) is 11.4. The van der Waals surface area contributed by atoms with Crippen molar-refractivity contribution in [3.05, 3.63) is 23.3 Å². The van der Waals surface area contributed by atoms with E-state index in [2.05, 4.69) is 0 Å². The lowest BCUT2D eigenvalue weighted by atomic mass is 10.0. The molecule has 3 nitrogen and oxygen atoms in total. The molecular formula is C12H16O3. The Labute approximate surface area is 89.7 Å². The second-order valence-electron chi connectivity index (χ2n) is 3.47. The van der Waals surface area contributed by atoms with Crippen LogP contribution >= 0.6 is 0 Å². The number of carbonyl (C=O) groups excluding carboxylic acids is 1. The van der Waals surface area contributed by atoms with E-state index in [4.69, 9.17) is 4.74 Å². The lowest BCUT2D eigenvalue weighted by Gasteiger charge is -2.10. The van der Waals surface area contributed by atoms with Crippen molar-refractivity contribution in [1.29, 1.82) is 0 Å². The van der Waals surface area contributed by atoms with Crippen LogP contribution < -0.4 is 4.74 Å². The number of hydrogen-bond donors (Lipinski definition) is 1. The van der Waals surface area contributed by atoms with Crippen LogP contribution in [0.5, 0.6) is 11.5 Å². The van der Waals surface area contributed by atoms with Crippen LogP contribution in [0.3, 0.4) is 0 Å². The molecule has 0 atom stereocenters. The third kappa shape index (κ3) is 2.49. The highest BCUT2D eigenvalue weighted by Crippen LogP contribution is 2.30. The smallest absolute Gasteiger partial charge is 0.137 e. The first-order valence-corrected chi connectivity index (χ1v) is 4.97. The predicted octanol–water partition coefficient (Wildman–Crippen LogP) is 2.23. The van der Waals surface area contributed by atoms with Gasteiger partial charge in [0.1, 0.15) is 17.3 Å². The molecule has 0 fully saturated rings. The molecule has 82 valence electrons. The van der Waals surface area contributed by atoms with E-state index in [0.29, 0.717) is 23.3 Å². The minimum atomic E-state index is 0.120. The SMILES string of the molecule is CCC(=O)Cc1ccc(OC)c(C)c1O. The lowest BCUT2D eigenvalue weighted by molar-refractivity contribution is -0.118. The monoisotopic (exact) mass is 208 g/mol. The molecule has 0 aromatic heterocycles. The number of phenolic OH excluding ortho intramolecular Hbond substituents is 1. The lowest BCUT2D eigenvalue weighted by Crippen LogP contribution is -2.01. The molecule has 0 aliphatic rings. The van der Waals surface area contributed by atoms with Gasteiger partial charge in [-0.25, -0.2) is 0 Å². The van der Waals surface area contributed by atoms with Gasteiger partial charge in [0.2, 0.25) is 0 Å². The van der Waals surface area contributed by atoms with Gasteiger partial charge >= 0.3 is 0 Å². The molecule has 0 radical (unpaired) electrons. The first kappa shape index (κ1) is 11.6. The van der Waals surface area contributed by atoms with Crippen LogP contribution in [0.2, 0.25) is 0 Å². The van der Waals surface area contributed by atoms with E-state index in [1.165, 1.54) is 0 Å². The van der Waals surface area contributed by atoms with Gasteiger partial charge in [-0.3, -0.25) is 4.79 Å². The number of ether oxygens (including phenoxy) is 1. The molecule has 1 N–H and O–H groups in total. The van der Waals surface area contributed by atoms with E-state index in [0.717, 1.165) is 0 Å². The normalized spacial score (nSPS) is 10.1. The summed E-state index contributed by atoms with van der Waals surface area (Å²) < 4.78 is 5.07. The number of hydrogen-bond acceptors (Lipinski definition) is 3. The number of aromatic hydroxyl groups is 1. The average molecular weight is 208 g/mol. The fraction of sp³-hybridized carbons (Fsp3) is 0.417. The Morgan fingerprint density at radius 1 is 1.47 bits per heavy atom. The molecule has 0 amide bonds. The van der Waals surface area contributed by atoms with Crippen LogP contribution in [0.1, 0.15) is 24.5 Å². The zero-order valence-corrected chi connectivity index (χ0v) is 9.33. The summed E-state index contributed by atoms with van der Waals surface area (Å²) in [6.45, 7) is 3.59. The number of phenols is 1. The molecule has 1 rings (SSSR count). The van der Waals surface area contributed by atoms with E-state index < -0.39 is 0 Å². The molecule has 1 aromatic rings. The highest BCUT2D eigenvalue weighted by atomic mass is 16.5. The highest BCUT2D eigenvalue weighted by molar-refractivity contribution is 5.81. The van der Waals surface area contributed by atoms with Crippen molar-refractivity contribution >= 4 is 5.78 Å². The van der Waals surface area contributed by atoms with Crippen molar-refractivity contribution in [2.75, 3.05) is 7.11 Å². The molecule has 1 aromatic carbocycles. The molecule has 0 aliphatic heterocycles. The quantitative estimate of drug-likeness (QED) is 0.825. The fourth-order valence-corrected chi connectivity index (χ4v) is 1.44. The van der Waals surface area contributed by atoms with Gasteiger partial charge in [0.05, 0.1) is 7.11 Å². The third-order valence-electron chi connectivity index (χ3n) is 2.47. The van der Waals surface area contributed by atoms with Gasteiger partial charge in [-0.15, -0.1) is 0 Å². The molecule has 0 saturated carbocycles. The Bertz CT molecular complexity index is 369. The third-order valence-corrected chi connectivity index (χ3v) is 2.47. The van der Waals surface area contributed by atoms with Crippen LogP contribution in [0.25, 0.3) is 0 Å². The van der Waals surface area contributed by atoms with Crippen molar-refractivity contribution < 1.29 is 14.6 Å². The topological polar surface area (TPSA) is 46.5 Å². The Hall–Kier alpha value is -1.51. The van der Waals surface area contributed by atoms with Crippen molar-refractivity contribution in [2.45, 2.75) is 26.7 Å². The van der Waals surface area contributed by atoms with Crippen molar-refractivity contribution in [2.24, 2.45) is 0 Å². The molecule has 0 saturated heterocycles. The molecule has 15 heavy (non-hydrogen) atoms. The summed E-state index contributed by atoms with van der Waals surface area (Å²) >= 11 is 0. The number of ketones is 1. The minimum Gasteiger partial charge on any atom is -0.507 e. The largest absolute Gasteiger partial charge is 0.507 e. The van der Waals surface area contributed by atoms with Crippen LogP contribution in [0, 0.1) is 6.92 Å². The summed E-state index contributed by atoms with van der Waals surface area (Å²) in [5.41, 5.74) is 1.35. The second kappa shape index (κ2) is 4.82. The van der Waals surface area contributed by atoms with E-state index in [1.807, 2.05) is 6.92 Å². The van der Waals surface area contributed by atoms with Gasteiger partial charge in [0.25, 0.3) is 0 Å². The maximum absolute atomic E-state index is 11.3. The molecule has 0 unspecified atom stereocenters.